The van der Waals surface area contributed by atoms with Crippen LogP contribution in [-0.2, 0) is 20.7 Å². The van der Waals surface area contributed by atoms with Crippen molar-refractivity contribution in [1.29, 1.82) is 0 Å². The van der Waals surface area contributed by atoms with E-state index in [2.05, 4.69) is 5.32 Å². The number of piperazine rings is 1. The molecule has 0 bridgehead atoms. The zero-order valence-electron chi connectivity index (χ0n) is 14.8. The van der Waals surface area contributed by atoms with Crippen LogP contribution in [0, 0.1) is 5.82 Å². The second-order valence-corrected chi connectivity index (χ2v) is 6.48. The van der Waals surface area contributed by atoms with Crippen LogP contribution in [-0.4, -0.2) is 73.1 Å². The third-order valence-electron chi connectivity index (χ3n) is 4.83. The fourth-order valence-corrected chi connectivity index (χ4v) is 3.30. The van der Waals surface area contributed by atoms with Gasteiger partial charge in [0, 0.05) is 32.7 Å². The molecule has 8 heteroatoms. The fourth-order valence-electron chi connectivity index (χ4n) is 3.30. The summed E-state index contributed by atoms with van der Waals surface area (Å²) in [5.41, 5.74) is 0.406. The quantitative estimate of drug-likeness (QED) is 0.837. The Kier molecular flexibility index (Phi) is 7.37. The Morgan fingerprint density at radius 2 is 1.85 bits per heavy atom. The van der Waals surface area contributed by atoms with Crippen LogP contribution in [0.5, 0.6) is 0 Å². The number of carbonyl (C=O) groups is 2. The molecular weight excluding hydrogens is 361 g/mol. The molecule has 0 radical (unpaired) electrons. The first-order valence-electron chi connectivity index (χ1n) is 8.71. The highest BCUT2D eigenvalue weighted by atomic mass is 35.5. The standard InChI is InChI=1S/C18H24FN3O3.ClH/c1-13-17(20-6-11-25-13)18(24)22-9-7-21(8-10-22)16(23)12-14-4-2-3-5-15(14)19;/h2-5,13,17,20H,6-12H2,1H3;1H/t13-,17+;/m1./s1. The number of nitrogens with one attached hydrogen (secondary N) is 1. The Hall–Kier alpha value is -1.70. The van der Waals surface area contributed by atoms with Crippen LogP contribution in [0.2, 0.25) is 0 Å². The van der Waals surface area contributed by atoms with Crippen molar-refractivity contribution in [3.05, 3.63) is 35.6 Å². The molecular formula is C18H25ClFN3O3. The van der Waals surface area contributed by atoms with Crippen molar-refractivity contribution in [3.63, 3.8) is 0 Å². The zero-order chi connectivity index (χ0) is 17.8. The van der Waals surface area contributed by atoms with E-state index in [0.29, 0.717) is 44.9 Å². The highest BCUT2D eigenvalue weighted by Gasteiger charge is 2.33. The van der Waals surface area contributed by atoms with Crippen LogP contribution >= 0.6 is 12.4 Å². The molecule has 0 spiro atoms. The Balaban J connectivity index is 0.00000243. The minimum absolute atomic E-state index is 0. The van der Waals surface area contributed by atoms with E-state index >= 15 is 0 Å². The van der Waals surface area contributed by atoms with Crippen molar-refractivity contribution in [3.8, 4) is 0 Å². The summed E-state index contributed by atoms with van der Waals surface area (Å²) in [7, 11) is 0. The molecule has 2 aliphatic rings. The topological polar surface area (TPSA) is 61.9 Å². The van der Waals surface area contributed by atoms with Crippen molar-refractivity contribution in [2.75, 3.05) is 39.3 Å². The maximum atomic E-state index is 13.7. The normalized spacial score (nSPS) is 23.3. The lowest BCUT2D eigenvalue weighted by Crippen LogP contribution is -2.60. The van der Waals surface area contributed by atoms with E-state index < -0.39 is 0 Å². The summed E-state index contributed by atoms with van der Waals surface area (Å²) < 4.78 is 19.2. The Bertz CT molecular complexity index is 638. The molecule has 1 N–H and O–H groups in total. The molecule has 0 aliphatic carbocycles. The lowest BCUT2D eigenvalue weighted by molar-refractivity contribution is -0.144. The molecule has 0 unspecified atom stereocenters. The average molecular weight is 386 g/mol. The molecule has 1 aromatic rings. The molecule has 3 rings (SSSR count). The van der Waals surface area contributed by atoms with Gasteiger partial charge in [-0.15, -0.1) is 12.4 Å². The number of nitrogens with zero attached hydrogens (tertiary/aromatic N) is 2. The van der Waals surface area contributed by atoms with Gasteiger partial charge < -0.3 is 19.9 Å². The Morgan fingerprint density at radius 3 is 2.50 bits per heavy atom. The molecule has 0 saturated carbocycles. The van der Waals surface area contributed by atoms with Crippen LogP contribution in [0.4, 0.5) is 4.39 Å². The highest BCUT2D eigenvalue weighted by molar-refractivity contribution is 5.85. The molecule has 2 saturated heterocycles. The van der Waals surface area contributed by atoms with E-state index in [-0.39, 0.29) is 48.6 Å². The lowest BCUT2D eigenvalue weighted by atomic mass is 10.1. The molecule has 2 amide bonds. The fraction of sp³-hybridized carbons (Fsp3) is 0.556. The maximum Gasteiger partial charge on any atom is 0.242 e. The van der Waals surface area contributed by atoms with E-state index in [9.17, 15) is 14.0 Å². The number of halogens is 2. The maximum absolute atomic E-state index is 13.7. The molecule has 0 aromatic heterocycles. The summed E-state index contributed by atoms with van der Waals surface area (Å²) in [6.07, 6.45) is -0.0997. The van der Waals surface area contributed by atoms with Gasteiger partial charge in [-0.1, -0.05) is 18.2 Å². The van der Waals surface area contributed by atoms with Crippen molar-refractivity contribution in [1.82, 2.24) is 15.1 Å². The molecule has 2 atom stereocenters. The van der Waals surface area contributed by atoms with E-state index in [1.165, 1.54) is 6.07 Å². The SMILES string of the molecule is C[C@H]1OCCN[C@@H]1C(=O)N1CCN(C(=O)Cc2ccccc2F)CC1.Cl. The van der Waals surface area contributed by atoms with Crippen molar-refractivity contribution < 1.29 is 18.7 Å². The molecule has 2 heterocycles. The molecule has 144 valence electrons. The highest BCUT2D eigenvalue weighted by Crippen LogP contribution is 2.13. The van der Waals surface area contributed by atoms with Gasteiger partial charge in [-0.05, 0) is 18.6 Å². The van der Waals surface area contributed by atoms with Gasteiger partial charge in [0.25, 0.3) is 0 Å². The predicted octanol–water partition coefficient (Wildman–Crippen LogP) is 0.838. The van der Waals surface area contributed by atoms with E-state index in [1.807, 2.05) is 6.92 Å². The van der Waals surface area contributed by atoms with Crippen LogP contribution < -0.4 is 5.32 Å². The smallest absolute Gasteiger partial charge is 0.242 e. The van der Waals surface area contributed by atoms with Gasteiger partial charge in [0.1, 0.15) is 11.9 Å². The number of ether oxygens (including phenoxy) is 1. The number of hydrogen-bond donors (Lipinski definition) is 1. The third kappa shape index (κ3) is 4.72. The van der Waals surface area contributed by atoms with E-state index in [4.69, 9.17) is 4.74 Å². The van der Waals surface area contributed by atoms with Gasteiger partial charge in [0.05, 0.1) is 19.1 Å². The van der Waals surface area contributed by atoms with Crippen LogP contribution in [0.1, 0.15) is 12.5 Å². The Morgan fingerprint density at radius 1 is 1.19 bits per heavy atom. The van der Waals surface area contributed by atoms with Crippen LogP contribution in [0.25, 0.3) is 0 Å². The number of rotatable bonds is 3. The summed E-state index contributed by atoms with van der Waals surface area (Å²) in [6, 6.07) is 6.00. The molecule has 1 aromatic carbocycles. The molecule has 2 aliphatic heterocycles. The second-order valence-electron chi connectivity index (χ2n) is 6.48. The summed E-state index contributed by atoms with van der Waals surface area (Å²) in [6.45, 7) is 5.11. The Labute approximate surface area is 159 Å². The van der Waals surface area contributed by atoms with E-state index in [1.54, 1.807) is 28.0 Å². The number of morpholine rings is 1. The first kappa shape index (κ1) is 20.6. The summed E-state index contributed by atoms with van der Waals surface area (Å²) in [5, 5.41) is 3.20. The van der Waals surface area contributed by atoms with Gasteiger partial charge in [-0.3, -0.25) is 9.59 Å². The first-order valence-corrected chi connectivity index (χ1v) is 8.71. The predicted molar refractivity (Wildman–Crippen MR) is 97.7 cm³/mol. The number of carbonyl (C=O) groups excluding carboxylic acids is 2. The van der Waals surface area contributed by atoms with Crippen LogP contribution in [0.3, 0.4) is 0 Å². The molecule has 26 heavy (non-hydrogen) atoms. The van der Waals surface area contributed by atoms with E-state index in [0.717, 1.165) is 0 Å². The number of benzene rings is 1. The minimum atomic E-state index is -0.359. The van der Waals surface area contributed by atoms with Gasteiger partial charge >= 0.3 is 0 Å². The summed E-state index contributed by atoms with van der Waals surface area (Å²) in [4.78, 5) is 28.5. The molecule has 2 fully saturated rings. The zero-order valence-corrected chi connectivity index (χ0v) is 15.6. The van der Waals surface area contributed by atoms with Gasteiger partial charge in [-0.25, -0.2) is 4.39 Å². The summed E-state index contributed by atoms with van der Waals surface area (Å²) >= 11 is 0. The minimum Gasteiger partial charge on any atom is -0.375 e. The third-order valence-corrected chi connectivity index (χ3v) is 4.83. The summed E-state index contributed by atoms with van der Waals surface area (Å²) in [5.74, 6) is -0.444. The second kappa shape index (κ2) is 9.30. The molecule has 6 nitrogen and oxygen atoms in total. The van der Waals surface area contributed by atoms with Crippen molar-refractivity contribution in [2.24, 2.45) is 0 Å². The van der Waals surface area contributed by atoms with Crippen molar-refractivity contribution >= 4 is 24.2 Å². The largest absolute Gasteiger partial charge is 0.375 e. The van der Waals surface area contributed by atoms with Crippen molar-refractivity contribution in [2.45, 2.75) is 25.5 Å². The first-order chi connectivity index (χ1) is 12.1. The van der Waals surface area contributed by atoms with Crippen LogP contribution in [0.15, 0.2) is 24.3 Å². The lowest BCUT2D eigenvalue weighted by Gasteiger charge is -2.38. The van der Waals surface area contributed by atoms with Gasteiger partial charge in [0.2, 0.25) is 11.8 Å². The average Bonchev–Trinajstić information content (AvgIpc) is 2.63. The van der Waals surface area contributed by atoms with Gasteiger partial charge in [0.15, 0.2) is 0 Å². The van der Waals surface area contributed by atoms with Gasteiger partial charge in [-0.2, -0.15) is 0 Å². The monoisotopic (exact) mass is 385 g/mol. The number of amides is 2. The number of hydrogen-bond acceptors (Lipinski definition) is 4.